The van der Waals surface area contributed by atoms with Crippen LogP contribution >= 0.6 is 11.6 Å². The predicted molar refractivity (Wildman–Crippen MR) is 83.8 cm³/mol. The molecule has 0 saturated carbocycles. The number of para-hydroxylation sites is 1. The van der Waals surface area contributed by atoms with Gasteiger partial charge in [-0.15, -0.1) is 0 Å². The Morgan fingerprint density at radius 1 is 1.23 bits per heavy atom. The number of anilines is 1. The van der Waals surface area contributed by atoms with Gasteiger partial charge in [-0.3, -0.25) is 4.79 Å². The third-order valence-electron chi connectivity index (χ3n) is 2.85. The number of carbonyl (C=O) groups is 1. The van der Waals surface area contributed by atoms with Crippen LogP contribution in [0.15, 0.2) is 47.4 Å². The summed E-state index contributed by atoms with van der Waals surface area (Å²) in [6, 6.07) is 10.7. The molecule has 0 atom stereocenters. The maximum atomic E-state index is 12.2. The second-order valence-electron chi connectivity index (χ2n) is 4.34. The molecule has 0 spiro atoms. The predicted octanol–water partition coefficient (Wildman–Crippen LogP) is 2.25. The fourth-order valence-electron chi connectivity index (χ4n) is 1.83. The highest BCUT2D eigenvalue weighted by Crippen LogP contribution is 2.25. The number of carbonyl (C=O) groups excluding carboxylic acids is 1. The SMILES string of the molecule is COc1ccccc1C(=O)Nc1ccc(Cl)c(S(N)(=O)=O)c1. The molecule has 0 radical (unpaired) electrons. The van der Waals surface area contributed by atoms with E-state index in [0.29, 0.717) is 11.3 Å². The minimum atomic E-state index is -3.98. The highest BCUT2D eigenvalue weighted by molar-refractivity contribution is 7.89. The largest absolute Gasteiger partial charge is 0.496 e. The van der Waals surface area contributed by atoms with Crippen LogP contribution in [0.3, 0.4) is 0 Å². The summed E-state index contributed by atoms with van der Waals surface area (Å²) in [6.45, 7) is 0. The molecule has 0 heterocycles. The standard InChI is InChI=1S/C14H13ClN2O4S/c1-21-12-5-3-2-4-10(12)14(18)17-9-6-7-11(15)13(8-9)22(16,19)20/h2-8H,1H3,(H,17,18)(H2,16,19,20). The monoisotopic (exact) mass is 340 g/mol. The summed E-state index contributed by atoms with van der Waals surface area (Å²) >= 11 is 5.79. The van der Waals surface area contributed by atoms with E-state index in [-0.39, 0.29) is 15.6 Å². The topological polar surface area (TPSA) is 98.5 Å². The number of hydrogen-bond donors (Lipinski definition) is 2. The molecule has 0 aliphatic rings. The van der Waals surface area contributed by atoms with E-state index in [1.165, 1.54) is 25.3 Å². The van der Waals surface area contributed by atoms with Gasteiger partial charge >= 0.3 is 0 Å². The Balaban J connectivity index is 2.33. The van der Waals surface area contributed by atoms with Crippen molar-refractivity contribution in [3.63, 3.8) is 0 Å². The van der Waals surface area contributed by atoms with Crippen molar-refractivity contribution in [2.75, 3.05) is 12.4 Å². The Morgan fingerprint density at radius 3 is 2.55 bits per heavy atom. The average Bonchev–Trinajstić information content (AvgIpc) is 2.48. The van der Waals surface area contributed by atoms with Crippen molar-refractivity contribution in [2.24, 2.45) is 5.14 Å². The minimum absolute atomic E-state index is 0.0159. The van der Waals surface area contributed by atoms with Crippen LogP contribution in [0.2, 0.25) is 5.02 Å². The molecular weight excluding hydrogens is 328 g/mol. The number of hydrogen-bond acceptors (Lipinski definition) is 4. The summed E-state index contributed by atoms with van der Waals surface area (Å²) in [5.74, 6) is -0.0409. The van der Waals surface area contributed by atoms with Crippen molar-refractivity contribution in [3.8, 4) is 5.75 Å². The molecule has 0 unspecified atom stereocenters. The van der Waals surface area contributed by atoms with Gasteiger partial charge in [-0.2, -0.15) is 0 Å². The highest BCUT2D eigenvalue weighted by atomic mass is 35.5. The Morgan fingerprint density at radius 2 is 1.91 bits per heavy atom. The summed E-state index contributed by atoms with van der Waals surface area (Å²) in [5, 5.41) is 7.63. The van der Waals surface area contributed by atoms with E-state index in [9.17, 15) is 13.2 Å². The van der Waals surface area contributed by atoms with Gasteiger partial charge in [-0.1, -0.05) is 23.7 Å². The zero-order valence-electron chi connectivity index (χ0n) is 11.5. The number of nitrogens with one attached hydrogen (secondary N) is 1. The molecule has 0 bridgehead atoms. The van der Waals surface area contributed by atoms with E-state index in [0.717, 1.165) is 0 Å². The van der Waals surface area contributed by atoms with Crippen LogP contribution in [-0.4, -0.2) is 21.4 Å². The van der Waals surface area contributed by atoms with E-state index in [4.69, 9.17) is 21.5 Å². The maximum Gasteiger partial charge on any atom is 0.259 e. The molecule has 116 valence electrons. The molecule has 2 aromatic rings. The summed E-state index contributed by atoms with van der Waals surface area (Å²) < 4.78 is 27.9. The van der Waals surface area contributed by atoms with E-state index in [1.54, 1.807) is 24.3 Å². The van der Waals surface area contributed by atoms with Crippen molar-refractivity contribution < 1.29 is 17.9 Å². The number of sulfonamides is 1. The van der Waals surface area contributed by atoms with Crippen molar-refractivity contribution >= 4 is 33.2 Å². The van der Waals surface area contributed by atoms with E-state index in [1.807, 2.05) is 0 Å². The molecule has 0 saturated heterocycles. The maximum absolute atomic E-state index is 12.2. The number of rotatable bonds is 4. The first kappa shape index (κ1) is 16.3. The molecule has 0 aromatic heterocycles. The van der Waals surface area contributed by atoms with Crippen molar-refractivity contribution in [1.29, 1.82) is 0 Å². The lowest BCUT2D eigenvalue weighted by molar-refractivity contribution is 0.102. The lowest BCUT2D eigenvalue weighted by atomic mass is 10.2. The van der Waals surface area contributed by atoms with Gasteiger partial charge in [0.25, 0.3) is 5.91 Å². The van der Waals surface area contributed by atoms with Crippen molar-refractivity contribution in [3.05, 3.63) is 53.1 Å². The van der Waals surface area contributed by atoms with Gasteiger partial charge < -0.3 is 10.1 Å². The number of ether oxygens (including phenoxy) is 1. The molecule has 22 heavy (non-hydrogen) atoms. The Kier molecular flexibility index (Phi) is 4.70. The fraction of sp³-hybridized carbons (Fsp3) is 0.0714. The molecule has 0 fully saturated rings. The molecule has 8 heteroatoms. The van der Waals surface area contributed by atoms with Crippen molar-refractivity contribution in [2.45, 2.75) is 4.90 Å². The van der Waals surface area contributed by atoms with Gasteiger partial charge in [0.2, 0.25) is 10.0 Å². The number of nitrogens with two attached hydrogens (primary N) is 1. The fourth-order valence-corrected chi connectivity index (χ4v) is 2.90. The smallest absolute Gasteiger partial charge is 0.259 e. The van der Waals surface area contributed by atoms with Crippen LogP contribution in [-0.2, 0) is 10.0 Å². The third-order valence-corrected chi connectivity index (χ3v) is 4.24. The Bertz CT molecular complexity index is 821. The Labute approximate surface area is 132 Å². The van der Waals surface area contributed by atoms with Crippen LogP contribution < -0.4 is 15.2 Å². The van der Waals surface area contributed by atoms with E-state index < -0.39 is 15.9 Å². The lowest BCUT2D eigenvalue weighted by Crippen LogP contribution is -2.15. The second-order valence-corrected chi connectivity index (χ2v) is 6.28. The quantitative estimate of drug-likeness (QED) is 0.891. The van der Waals surface area contributed by atoms with E-state index >= 15 is 0 Å². The lowest BCUT2D eigenvalue weighted by Gasteiger charge is -2.10. The number of halogens is 1. The van der Waals surface area contributed by atoms with Gasteiger partial charge in [-0.05, 0) is 30.3 Å². The summed E-state index contributed by atoms with van der Waals surface area (Å²) in [6.07, 6.45) is 0. The zero-order chi connectivity index (χ0) is 16.3. The second kappa shape index (κ2) is 6.35. The first-order valence-corrected chi connectivity index (χ1v) is 8.02. The van der Waals surface area contributed by atoms with Crippen LogP contribution in [0.1, 0.15) is 10.4 Å². The van der Waals surface area contributed by atoms with Gasteiger partial charge in [0.1, 0.15) is 10.6 Å². The molecule has 6 nitrogen and oxygen atoms in total. The minimum Gasteiger partial charge on any atom is -0.496 e. The first-order valence-electron chi connectivity index (χ1n) is 6.09. The van der Waals surface area contributed by atoms with Crippen LogP contribution in [0.5, 0.6) is 5.75 Å². The van der Waals surface area contributed by atoms with Gasteiger partial charge in [-0.25, -0.2) is 13.6 Å². The molecule has 2 aromatic carbocycles. The van der Waals surface area contributed by atoms with Crippen LogP contribution in [0.25, 0.3) is 0 Å². The van der Waals surface area contributed by atoms with E-state index in [2.05, 4.69) is 5.32 Å². The molecule has 0 aliphatic carbocycles. The van der Waals surface area contributed by atoms with Gasteiger partial charge in [0.15, 0.2) is 0 Å². The summed E-state index contributed by atoms with van der Waals surface area (Å²) in [4.78, 5) is 12.0. The number of primary sulfonamides is 1. The number of benzene rings is 2. The summed E-state index contributed by atoms with van der Waals surface area (Å²) in [7, 11) is -2.53. The van der Waals surface area contributed by atoms with Gasteiger partial charge in [0.05, 0.1) is 17.7 Å². The van der Waals surface area contributed by atoms with Gasteiger partial charge in [0, 0.05) is 5.69 Å². The van der Waals surface area contributed by atoms with Crippen LogP contribution in [0, 0.1) is 0 Å². The molecule has 1 amide bonds. The first-order chi connectivity index (χ1) is 10.3. The number of amides is 1. The highest BCUT2D eigenvalue weighted by Gasteiger charge is 2.16. The Hall–Kier alpha value is -2.09. The molecule has 0 aliphatic heterocycles. The van der Waals surface area contributed by atoms with Crippen LogP contribution in [0.4, 0.5) is 5.69 Å². The molecule has 3 N–H and O–H groups in total. The normalized spacial score (nSPS) is 11.0. The molecule has 2 rings (SSSR count). The third kappa shape index (κ3) is 3.56. The molecular formula is C14H13ClN2O4S. The average molecular weight is 341 g/mol. The number of methoxy groups -OCH3 is 1. The van der Waals surface area contributed by atoms with Crippen molar-refractivity contribution in [1.82, 2.24) is 0 Å². The summed E-state index contributed by atoms with van der Waals surface area (Å²) in [5.41, 5.74) is 0.571. The zero-order valence-corrected chi connectivity index (χ0v) is 13.1.